The number of rotatable bonds is 7. The van der Waals surface area contributed by atoms with Crippen molar-refractivity contribution < 1.29 is 0 Å². The summed E-state index contributed by atoms with van der Waals surface area (Å²) in [6.45, 7) is 6.75. The quantitative estimate of drug-likeness (QED) is 0.121. The maximum Gasteiger partial charge on any atom is 0.161 e. The van der Waals surface area contributed by atoms with Crippen molar-refractivity contribution in [3.63, 3.8) is 0 Å². The molecule has 0 aliphatic heterocycles. The second-order valence-electron chi connectivity index (χ2n) is 13.5. The normalized spacial score (nSPS) is 16.9. The van der Waals surface area contributed by atoms with E-state index in [-0.39, 0.29) is 5.41 Å². The van der Waals surface area contributed by atoms with Crippen molar-refractivity contribution in [1.29, 1.82) is 0 Å². The third-order valence-corrected chi connectivity index (χ3v) is 10.2. The molecule has 8 rings (SSSR count). The lowest BCUT2D eigenvalue weighted by Gasteiger charge is -2.30. The number of hydrogen-bond donors (Lipinski definition) is 0. The minimum atomic E-state index is -0.0154. The van der Waals surface area contributed by atoms with Crippen molar-refractivity contribution in [1.82, 2.24) is 0 Å². The van der Waals surface area contributed by atoms with Crippen LogP contribution in [-0.4, -0.2) is 18.4 Å². The van der Waals surface area contributed by atoms with Gasteiger partial charge in [0.05, 0.1) is 6.54 Å². The number of aliphatic imine (C=N–C) groups is 3. The Morgan fingerprint density at radius 2 is 1.20 bits per heavy atom. The fourth-order valence-electron chi connectivity index (χ4n) is 7.32. The highest BCUT2D eigenvalue weighted by Crippen LogP contribution is 2.48. The molecule has 0 radical (unpaired) electrons. The van der Waals surface area contributed by atoms with Gasteiger partial charge in [0.1, 0.15) is 0 Å². The van der Waals surface area contributed by atoms with Crippen LogP contribution < -0.4 is 0 Å². The van der Waals surface area contributed by atoms with E-state index in [0.29, 0.717) is 18.2 Å². The van der Waals surface area contributed by atoms with Crippen molar-refractivity contribution in [3.8, 4) is 22.3 Å². The van der Waals surface area contributed by atoms with Crippen LogP contribution in [0.4, 0.5) is 0 Å². The average molecular weight is 658 g/mol. The van der Waals surface area contributed by atoms with Gasteiger partial charge in [-0.1, -0.05) is 177 Å². The van der Waals surface area contributed by atoms with Crippen molar-refractivity contribution in [2.75, 3.05) is 0 Å². The van der Waals surface area contributed by atoms with E-state index in [4.69, 9.17) is 9.98 Å². The summed E-state index contributed by atoms with van der Waals surface area (Å²) < 4.78 is 0. The fourth-order valence-corrected chi connectivity index (χ4v) is 7.32. The molecule has 2 aliphatic carbocycles. The Bertz CT molecular complexity index is 2310. The first-order valence-corrected chi connectivity index (χ1v) is 17.6. The molecule has 0 saturated carbocycles. The van der Waals surface area contributed by atoms with Crippen LogP contribution in [0, 0.1) is 0 Å². The molecule has 1 unspecified atom stereocenters. The minimum absolute atomic E-state index is 0.0154. The van der Waals surface area contributed by atoms with E-state index in [1.807, 2.05) is 24.3 Å². The van der Waals surface area contributed by atoms with Gasteiger partial charge in [-0.25, -0.2) is 9.98 Å². The highest BCUT2D eigenvalue weighted by molar-refractivity contribution is 6.13. The number of benzene rings is 6. The van der Waals surface area contributed by atoms with Crippen LogP contribution in [0.25, 0.3) is 27.8 Å². The monoisotopic (exact) mass is 657 g/mol. The lowest BCUT2D eigenvalue weighted by atomic mass is 9.74. The third kappa shape index (κ3) is 6.59. The molecule has 0 heterocycles. The average Bonchev–Trinajstić information content (AvgIpc) is 3.57. The van der Waals surface area contributed by atoms with Gasteiger partial charge in [-0.05, 0) is 75.2 Å². The third-order valence-electron chi connectivity index (χ3n) is 10.2. The standard InChI is InChI=1S/C48H39N3/c1-48(41-17-10-5-11-18-41)30-29-40-31-44-42(19-12-20-43(44)45(40)32-48)37-23-27-39(28-24-37)47(50-33-34-13-6-3-7-14-34)51-46(49-2)38-25-21-36(22-26-38)35-15-8-4-9-16-35/h3-29,32H,2,30-31,33H2,1H3/b50-47-,51-46-. The molecule has 3 heteroatoms. The van der Waals surface area contributed by atoms with Crippen LogP contribution in [0.5, 0.6) is 0 Å². The van der Waals surface area contributed by atoms with Crippen LogP contribution in [0.3, 0.4) is 0 Å². The highest BCUT2D eigenvalue weighted by Gasteiger charge is 2.33. The molecule has 2 aliphatic rings. The molecule has 0 fully saturated rings. The molecule has 0 aromatic heterocycles. The fraction of sp³-hybridized carbons (Fsp3) is 0.104. The van der Waals surface area contributed by atoms with Gasteiger partial charge in [-0.3, -0.25) is 4.99 Å². The second kappa shape index (κ2) is 14.0. The van der Waals surface area contributed by atoms with Crippen LogP contribution in [0.1, 0.15) is 46.7 Å². The molecule has 6 aromatic rings. The first kappa shape index (κ1) is 32.0. The summed E-state index contributed by atoms with van der Waals surface area (Å²) in [5.41, 5.74) is 14.6. The Kier molecular flexibility index (Phi) is 8.78. The Labute approximate surface area is 300 Å². The van der Waals surface area contributed by atoms with Crippen LogP contribution in [0.2, 0.25) is 0 Å². The molecule has 6 aromatic carbocycles. The highest BCUT2D eigenvalue weighted by atomic mass is 15.0. The van der Waals surface area contributed by atoms with E-state index in [1.54, 1.807) is 0 Å². The van der Waals surface area contributed by atoms with Crippen LogP contribution >= 0.6 is 0 Å². The van der Waals surface area contributed by atoms with Crippen LogP contribution in [-0.2, 0) is 18.4 Å². The molecule has 0 bridgehead atoms. The number of nitrogens with zero attached hydrogens (tertiary/aromatic N) is 3. The molecule has 51 heavy (non-hydrogen) atoms. The summed E-state index contributed by atoms with van der Waals surface area (Å²) in [6, 6.07) is 55.2. The topological polar surface area (TPSA) is 37.1 Å². The molecule has 3 nitrogen and oxygen atoms in total. The van der Waals surface area contributed by atoms with Crippen LogP contribution in [0.15, 0.2) is 190 Å². The van der Waals surface area contributed by atoms with Crippen molar-refractivity contribution in [2.45, 2.75) is 31.7 Å². The largest absolute Gasteiger partial charge is 0.261 e. The van der Waals surface area contributed by atoms with Gasteiger partial charge in [-0.15, -0.1) is 0 Å². The second-order valence-corrected chi connectivity index (χ2v) is 13.5. The van der Waals surface area contributed by atoms with Crippen molar-refractivity contribution >= 4 is 24.0 Å². The zero-order chi connectivity index (χ0) is 34.6. The zero-order valence-electron chi connectivity index (χ0n) is 28.8. The van der Waals surface area contributed by atoms with Gasteiger partial charge in [0, 0.05) is 16.5 Å². The molecule has 0 saturated heterocycles. The predicted octanol–water partition coefficient (Wildman–Crippen LogP) is 11.3. The lowest BCUT2D eigenvalue weighted by molar-refractivity contribution is 0.599. The van der Waals surface area contributed by atoms with Crippen molar-refractivity contribution in [3.05, 3.63) is 209 Å². The van der Waals surface area contributed by atoms with Gasteiger partial charge >= 0.3 is 0 Å². The number of fused-ring (bicyclic) bond motifs is 3. The van der Waals surface area contributed by atoms with Gasteiger partial charge in [0.15, 0.2) is 11.7 Å². The SMILES string of the molecule is C=N/C(=N\C(=N/Cc1ccccc1)c1ccc(-c2cccc3c2CC2=CCC(C)(c4ccccc4)C=C23)cc1)c1ccc(-c2ccccc2)cc1. The molecule has 246 valence electrons. The lowest BCUT2D eigenvalue weighted by Crippen LogP contribution is -2.21. The minimum Gasteiger partial charge on any atom is -0.261 e. The Hall–Kier alpha value is -6.19. The smallest absolute Gasteiger partial charge is 0.161 e. The van der Waals surface area contributed by atoms with E-state index in [0.717, 1.165) is 35.1 Å². The maximum absolute atomic E-state index is 5.02. The molecular weight excluding hydrogens is 619 g/mol. The number of allylic oxidation sites excluding steroid dienone is 4. The van der Waals surface area contributed by atoms with Gasteiger partial charge in [0.2, 0.25) is 0 Å². The van der Waals surface area contributed by atoms with E-state index in [1.165, 1.54) is 44.5 Å². The molecule has 0 N–H and O–H groups in total. The summed E-state index contributed by atoms with van der Waals surface area (Å²) in [4.78, 5) is 14.4. The van der Waals surface area contributed by atoms with Gasteiger partial charge in [-0.2, -0.15) is 0 Å². The van der Waals surface area contributed by atoms with E-state index in [2.05, 4.69) is 164 Å². The molecule has 1 atom stereocenters. The summed E-state index contributed by atoms with van der Waals surface area (Å²) >= 11 is 0. The molecular formula is C48H39N3. The Morgan fingerprint density at radius 3 is 1.88 bits per heavy atom. The van der Waals surface area contributed by atoms with E-state index < -0.39 is 0 Å². The van der Waals surface area contributed by atoms with Gasteiger partial charge in [0.25, 0.3) is 0 Å². The summed E-state index contributed by atoms with van der Waals surface area (Å²) in [7, 11) is 0. The maximum atomic E-state index is 5.02. The van der Waals surface area contributed by atoms with Crippen molar-refractivity contribution in [2.24, 2.45) is 15.0 Å². The van der Waals surface area contributed by atoms with E-state index in [9.17, 15) is 0 Å². The first-order chi connectivity index (χ1) is 25.1. The number of amidine groups is 2. The Morgan fingerprint density at radius 1 is 0.608 bits per heavy atom. The molecule has 0 amide bonds. The summed E-state index contributed by atoms with van der Waals surface area (Å²) in [5, 5.41) is 0. The Balaban J connectivity index is 1.12. The van der Waals surface area contributed by atoms with E-state index >= 15 is 0 Å². The zero-order valence-corrected chi connectivity index (χ0v) is 28.8. The first-order valence-electron chi connectivity index (χ1n) is 17.6. The van der Waals surface area contributed by atoms with Gasteiger partial charge < -0.3 is 0 Å². The predicted molar refractivity (Wildman–Crippen MR) is 215 cm³/mol. The summed E-state index contributed by atoms with van der Waals surface area (Å²) in [5.74, 6) is 1.16. The molecule has 0 spiro atoms. The summed E-state index contributed by atoms with van der Waals surface area (Å²) in [6.07, 6.45) is 6.93. The number of hydrogen-bond acceptors (Lipinski definition) is 1.